The molecule has 1 aromatic rings. The molecular weight excluding hydrogens is 220 g/mol. The van der Waals surface area contributed by atoms with Gasteiger partial charge >= 0.3 is 0 Å². The minimum atomic E-state index is -0.00247. The zero-order chi connectivity index (χ0) is 12.7. The van der Waals surface area contributed by atoms with Crippen LogP contribution in [0.2, 0.25) is 0 Å². The van der Waals surface area contributed by atoms with Gasteiger partial charge in [0.2, 0.25) is 0 Å². The number of likely N-dealkylation sites (N-methyl/N-ethyl adjacent to an activating group) is 1. The lowest BCUT2D eigenvalue weighted by Gasteiger charge is -2.16. The van der Waals surface area contributed by atoms with Crippen molar-refractivity contribution in [3.8, 4) is 0 Å². The Hall–Kier alpha value is -1.82. The van der Waals surface area contributed by atoms with Crippen molar-refractivity contribution < 1.29 is 5.21 Å². The number of rotatable bonds is 6. The first-order chi connectivity index (χ1) is 8.13. The molecule has 3 N–H and O–H groups in total. The summed E-state index contributed by atoms with van der Waals surface area (Å²) in [6, 6.07) is 5.09. The second kappa shape index (κ2) is 6.70. The maximum absolute atomic E-state index is 11.4. The molecule has 0 radical (unpaired) electrons. The van der Waals surface area contributed by atoms with E-state index in [0.717, 1.165) is 6.54 Å². The quantitative estimate of drug-likeness (QED) is 0.314. The van der Waals surface area contributed by atoms with Gasteiger partial charge in [0, 0.05) is 38.3 Å². The Bertz CT molecular complexity index is 427. The Morgan fingerprint density at radius 3 is 2.94 bits per heavy atom. The number of amidine groups is 1. The van der Waals surface area contributed by atoms with Gasteiger partial charge in [0.1, 0.15) is 5.84 Å². The molecule has 6 heteroatoms. The molecule has 17 heavy (non-hydrogen) atoms. The van der Waals surface area contributed by atoms with Gasteiger partial charge in [-0.2, -0.15) is 0 Å². The van der Waals surface area contributed by atoms with Crippen molar-refractivity contribution in [2.45, 2.75) is 13.0 Å². The fourth-order valence-electron chi connectivity index (χ4n) is 1.39. The molecule has 0 saturated heterocycles. The molecule has 0 aliphatic rings. The first kappa shape index (κ1) is 13.2. The van der Waals surface area contributed by atoms with Gasteiger partial charge in [0.15, 0.2) is 0 Å². The van der Waals surface area contributed by atoms with Crippen LogP contribution in [0.3, 0.4) is 0 Å². The first-order valence-electron chi connectivity index (χ1n) is 5.44. The Kier molecular flexibility index (Phi) is 5.22. The van der Waals surface area contributed by atoms with Crippen molar-refractivity contribution in [2.24, 2.45) is 10.9 Å². The highest BCUT2D eigenvalue weighted by molar-refractivity contribution is 5.79. The molecular formula is C11H18N4O2. The molecule has 0 spiro atoms. The number of hydrogen-bond acceptors (Lipinski definition) is 4. The largest absolute Gasteiger partial charge is 0.409 e. The Morgan fingerprint density at radius 2 is 2.29 bits per heavy atom. The normalized spacial score (nSPS) is 12.0. The van der Waals surface area contributed by atoms with Crippen LogP contribution >= 0.6 is 0 Å². The Balaban J connectivity index is 2.36. The highest BCUT2D eigenvalue weighted by atomic mass is 16.4. The van der Waals surface area contributed by atoms with Crippen LogP contribution in [0.25, 0.3) is 0 Å². The van der Waals surface area contributed by atoms with Gasteiger partial charge in [-0.15, -0.1) is 0 Å². The summed E-state index contributed by atoms with van der Waals surface area (Å²) in [7, 11) is 1.93. The summed E-state index contributed by atoms with van der Waals surface area (Å²) in [6.07, 6.45) is 2.27. The van der Waals surface area contributed by atoms with Crippen LogP contribution in [0.5, 0.6) is 0 Å². The fourth-order valence-corrected chi connectivity index (χ4v) is 1.39. The van der Waals surface area contributed by atoms with Crippen LogP contribution in [0.1, 0.15) is 6.42 Å². The molecule has 0 aromatic carbocycles. The molecule has 6 nitrogen and oxygen atoms in total. The van der Waals surface area contributed by atoms with Crippen molar-refractivity contribution in [2.75, 3.05) is 20.1 Å². The van der Waals surface area contributed by atoms with E-state index in [0.29, 0.717) is 19.5 Å². The first-order valence-corrected chi connectivity index (χ1v) is 5.44. The zero-order valence-corrected chi connectivity index (χ0v) is 9.91. The van der Waals surface area contributed by atoms with Crippen LogP contribution in [0.4, 0.5) is 0 Å². The van der Waals surface area contributed by atoms with E-state index in [1.807, 2.05) is 18.0 Å². The Labute approximate surface area is 100.0 Å². The van der Waals surface area contributed by atoms with E-state index >= 15 is 0 Å². The summed E-state index contributed by atoms with van der Waals surface area (Å²) in [5.74, 6) is 0.216. The van der Waals surface area contributed by atoms with Gasteiger partial charge in [-0.05, 0) is 13.1 Å². The lowest BCUT2D eigenvalue weighted by atomic mass is 10.3. The summed E-state index contributed by atoms with van der Waals surface area (Å²) in [5, 5.41) is 11.3. The number of hydrogen-bond donors (Lipinski definition) is 2. The van der Waals surface area contributed by atoms with E-state index in [2.05, 4.69) is 5.16 Å². The van der Waals surface area contributed by atoms with Gasteiger partial charge in [0.05, 0.1) is 0 Å². The van der Waals surface area contributed by atoms with Crippen LogP contribution < -0.4 is 11.3 Å². The van der Waals surface area contributed by atoms with Crippen molar-refractivity contribution in [1.82, 2.24) is 9.47 Å². The van der Waals surface area contributed by atoms with Gasteiger partial charge < -0.3 is 20.4 Å². The van der Waals surface area contributed by atoms with E-state index in [9.17, 15) is 4.79 Å². The summed E-state index contributed by atoms with van der Waals surface area (Å²) in [5.41, 5.74) is 5.37. The lowest BCUT2D eigenvalue weighted by Crippen LogP contribution is -2.30. The van der Waals surface area contributed by atoms with E-state index in [4.69, 9.17) is 10.9 Å². The zero-order valence-electron chi connectivity index (χ0n) is 9.91. The van der Waals surface area contributed by atoms with Crippen molar-refractivity contribution >= 4 is 5.84 Å². The SMILES string of the molecule is CN(CC/C(N)=N/O)CCn1ccccc1=O. The molecule has 0 aliphatic carbocycles. The summed E-state index contributed by atoms with van der Waals surface area (Å²) in [4.78, 5) is 13.4. The van der Waals surface area contributed by atoms with Crippen molar-refractivity contribution in [3.05, 3.63) is 34.7 Å². The second-order valence-corrected chi connectivity index (χ2v) is 3.88. The summed E-state index contributed by atoms with van der Waals surface area (Å²) in [6.45, 7) is 2.06. The average molecular weight is 238 g/mol. The second-order valence-electron chi connectivity index (χ2n) is 3.88. The van der Waals surface area contributed by atoms with E-state index in [1.165, 1.54) is 6.07 Å². The molecule has 0 unspecified atom stereocenters. The average Bonchev–Trinajstić information content (AvgIpc) is 2.35. The molecule has 0 atom stereocenters. The highest BCUT2D eigenvalue weighted by Gasteiger charge is 2.01. The maximum atomic E-state index is 11.4. The molecule has 94 valence electrons. The molecule has 0 saturated carbocycles. The molecule has 0 amide bonds. The molecule has 0 fully saturated rings. The number of aromatic nitrogens is 1. The fraction of sp³-hybridized carbons (Fsp3) is 0.455. The van der Waals surface area contributed by atoms with Crippen LogP contribution in [0, 0.1) is 0 Å². The van der Waals surface area contributed by atoms with Gasteiger partial charge in [-0.1, -0.05) is 11.2 Å². The molecule has 1 heterocycles. The monoisotopic (exact) mass is 238 g/mol. The molecule has 0 aliphatic heterocycles. The van der Waals surface area contributed by atoms with Crippen LogP contribution in [-0.2, 0) is 6.54 Å². The predicted molar refractivity (Wildman–Crippen MR) is 66.2 cm³/mol. The standard InChI is InChI=1S/C11H18N4O2/c1-14(7-5-10(12)13-17)8-9-15-6-3-2-4-11(15)16/h2-4,6,17H,5,7-9H2,1H3,(H2,12,13). The maximum Gasteiger partial charge on any atom is 0.250 e. The van der Waals surface area contributed by atoms with E-state index in [1.54, 1.807) is 16.8 Å². The number of nitrogens with zero attached hydrogens (tertiary/aromatic N) is 3. The number of oxime groups is 1. The molecule has 1 rings (SSSR count). The molecule has 0 bridgehead atoms. The minimum absolute atomic E-state index is 0.00247. The van der Waals surface area contributed by atoms with Gasteiger partial charge in [-0.25, -0.2) is 0 Å². The van der Waals surface area contributed by atoms with Gasteiger partial charge in [0.25, 0.3) is 5.56 Å². The predicted octanol–water partition coefficient (Wildman–Crippen LogP) is -0.0834. The number of pyridine rings is 1. The summed E-state index contributed by atoms with van der Waals surface area (Å²) < 4.78 is 1.65. The molecule has 1 aromatic heterocycles. The van der Waals surface area contributed by atoms with Crippen LogP contribution in [0.15, 0.2) is 34.3 Å². The lowest BCUT2D eigenvalue weighted by molar-refractivity contribution is 0.307. The smallest absolute Gasteiger partial charge is 0.250 e. The third-order valence-electron chi connectivity index (χ3n) is 2.50. The van der Waals surface area contributed by atoms with Gasteiger partial charge in [-0.3, -0.25) is 4.79 Å². The highest BCUT2D eigenvalue weighted by Crippen LogP contribution is 1.90. The van der Waals surface area contributed by atoms with E-state index < -0.39 is 0 Å². The van der Waals surface area contributed by atoms with Crippen molar-refractivity contribution in [1.29, 1.82) is 0 Å². The van der Waals surface area contributed by atoms with Crippen LogP contribution in [-0.4, -0.2) is 40.6 Å². The Morgan fingerprint density at radius 1 is 1.53 bits per heavy atom. The summed E-state index contributed by atoms with van der Waals surface area (Å²) >= 11 is 0. The minimum Gasteiger partial charge on any atom is -0.409 e. The third kappa shape index (κ3) is 4.69. The number of nitrogens with two attached hydrogens (primary N) is 1. The van der Waals surface area contributed by atoms with E-state index in [-0.39, 0.29) is 11.4 Å². The van der Waals surface area contributed by atoms with Crippen molar-refractivity contribution in [3.63, 3.8) is 0 Å². The topological polar surface area (TPSA) is 83.8 Å². The third-order valence-corrected chi connectivity index (χ3v) is 2.50.